The molecule has 0 unspecified atom stereocenters. The van der Waals surface area contributed by atoms with Crippen molar-refractivity contribution in [2.75, 3.05) is 18.6 Å². The number of carbonyl (C=O) groups is 2. The quantitative estimate of drug-likeness (QED) is 0.604. The zero-order chi connectivity index (χ0) is 18.3. The van der Waals surface area contributed by atoms with Gasteiger partial charge in [-0.25, -0.2) is 0 Å². The molecular weight excluding hydrogens is 344 g/mol. The highest BCUT2D eigenvalue weighted by atomic mass is 19.4. The molecule has 24 heavy (non-hydrogen) atoms. The van der Waals surface area contributed by atoms with Gasteiger partial charge in [0.25, 0.3) is 0 Å². The lowest BCUT2D eigenvalue weighted by Crippen LogP contribution is -2.27. The third kappa shape index (κ3) is 3.62. The van der Waals surface area contributed by atoms with E-state index in [1.54, 1.807) is 0 Å². The van der Waals surface area contributed by atoms with Crippen LogP contribution in [0.4, 0.5) is 32.0 Å². The van der Waals surface area contributed by atoms with Crippen molar-refractivity contribution in [3.63, 3.8) is 0 Å². The maximum atomic E-state index is 12.8. The number of nitrogens with zero attached hydrogens (tertiary/aromatic N) is 1. The highest BCUT2D eigenvalue weighted by Gasteiger charge is 2.40. The predicted molar refractivity (Wildman–Crippen MR) is 68.9 cm³/mol. The number of ether oxygens (including phenoxy) is 1. The highest BCUT2D eigenvalue weighted by molar-refractivity contribution is 5.99. The maximum absolute atomic E-state index is 12.8. The molecule has 132 valence electrons. The van der Waals surface area contributed by atoms with Crippen molar-refractivity contribution in [3.05, 3.63) is 29.3 Å². The number of esters is 1. The Hall–Kier alpha value is -2.26. The monoisotopic (exact) mass is 355 g/mol. The van der Waals surface area contributed by atoms with E-state index < -0.39 is 47.0 Å². The van der Waals surface area contributed by atoms with E-state index in [9.17, 15) is 35.9 Å². The number of benzene rings is 1. The van der Waals surface area contributed by atoms with Gasteiger partial charge in [0.05, 0.1) is 24.2 Å². The fourth-order valence-corrected chi connectivity index (χ4v) is 2.38. The Morgan fingerprint density at radius 3 is 2.00 bits per heavy atom. The first-order chi connectivity index (χ1) is 10.9. The molecule has 0 bridgehead atoms. The Morgan fingerprint density at radius 2 is 1.58 bits per heavy atom. The van der Waals surface area contributed by atoms with Crippen LogP contribution in [0, 0.1) is 5.92 Å². The molecule has 0 aliphatic carbocycles. The molecule has 1 aliphatic heterocycles. The molecule has 0 radical (unpaired) electrons. The summed E-state index contributed by atoms with van der Waals surface area (Å²) in [7, 11) is 1.07. The second-order valence-electron chi connectivity index (χ2n) is 5.19. The standard InChI is InChI=1S/C14H11F6NO3/c1-24-12(23)7-2-11(22)21(6-7)10-4-8(13(15,16)17)3-9(5-10)14(18,19)20/h3-5,7H,2,6H2,1H3/t7-/m1/s1. The van der Waals surface area contributed by atoms with Gasteiger partial charge in [-0.05, 0) is 18.2 Å². The van der Waals surface area contributed by atoms with Gasteiger partial charge in [0.1, 0.15) is 0 Å². The van der Waals surface area contributed by atoms with Crippen molar-refractivity contribution in [1.82, 2.24) is 0 Å². The summed E-state index contributed by atoms with van der Waals surface area (Å²) >= 11 is 0. The molecule has 2 rings (SSSR count). The Kier molecular flexibility index (Phi) is 4.51. The van der Waals surface area contributed by atoms with Crippen LogP contribution in [0.1, 0.15) is 17.5 Å². The van der Waals surface area contributed by atoms with Gasteiger partial charge < -0.3 is 9.64 Å². The fraction of sp³-hybridized carbons (Fsp3) is 0.429. The molecule has 10 heteroatoms. The van der Waals surface area contributed by atoms with Crippen LogP contribution < -0.4 is 4.90 Å². The Labute approximate surface area is 132 Å². The molecular formula is C14H11F6NO3. The molecule has 0 spiro atoms. The molecule has 1 saturated heterocycles. The first-order valence-corrected chi connectivity index (χ1v) is 6.61. The second-order valence-corrected chi connectivity index (χ2v) is 5.19. The smallest absolute Gasteiger partial charge is 0.416 e. The zero-order valence-corrected chi connectivity index (χ0v) is 12.2. The Morgan fingerprint density at radius 1 is 1.08 bits per heavy atom. The normalized spacial score (nSPS) is 18.9. The average Bonchev–Trinajstić information content (AvgIpc) is 2.86. The van der Waals surface area contributed by atoms with E-state index >= 15 is 0 Å². The van der Waals surface area contributed by atoms with Crippen LogP contribution in [0.15, 0.2) is 18.2 Å². The van der Waals surface area contributed by atoms with E-state index in [2.05, 4.69) is 4.74 Å². The molecule has 1 aromatic carbocycles. The third-order valence-corrected chi connectivity index (χ3v) is 3.54. The van der Waals surface area contributed by atoms with Gasteiger partial charge in [-0.15, -0.1) is 0 Å². The number of methoxy groups -OCH3 is 1. The number of anilines is 1. The van der Waals surface area contributed by atoms with E-state index in [0.717, 1.165) is 12.0 Å². The number of rotatable bonds is 2. The Bertz CT molecular complexity index is 635. The van der Waals surface area contributed by atoms with Crippen molar-refractivity contribution in [2.24, 2.45) is 5.92 Å². The first-order valence-electron chi connectivity index (χ1n) is 6.61. The topological polar surface area (TPSA) is 46.6 Å². The van der Waals surface area contributed by atoms with Crippen LogP contribution in [-0.4, -0.2) is 25.5 Å². The van der Waals surface area contributed by atoms with Gasteiger partial charge in [0, 0.05) is 18.7 Å². The molecule has 1 aliphatic rings. The van der Waals surface area contributed by atoms with Crippen LogP contribution in [0.25, 0.3) is 0 Å². The van der Waals surface area contributed by atoms with Gasteiger partial charge in [0.2, 0.25) is 5.91 Å². The summed E-state index contributed by atoms with van der Waals surface area (Å²) in [5.41, 5.74) is -3.61. The van der Waals surface area contributed by atoms with Gasteiger partial charge in [-0.2, -0.15) is 26.3 Å². The number of carbonyl (C=O) groups excluding carboxylic acids is 2. The molecule has 0 aromatic heterocycles. The highest BCUT2D eigenvalue weighted by Crippen LogP contribution is 2.39. The average molecular weight is 355 g/mol. The summed E-state index contributed by atoms with van der Waals surface area (Å²) in [4.78, 5) is 24.0. The number of alkyl halides is 6. The lowest BCUT2D eigenvalue weighted by Gasteiger charge is -2.20. The molecule has 1 atom stereocenters. The SMILES string of the molecule is COC(=O)[C@@H]1CC(=O)N(c2cc(C(F)(F)F)cc(C(F)(F)F)c2)C1. The van der Waals surface area contributed by atoms with Crippen LogP contribution in [0.2, 0.25) is 0 Å². The van der Waals surface area contributed by atoms with E-state index in [4.69, 9.17) is 0 Å². The molecule has 1 aromatic rings. The molecule has 1 heterocycles. The van der Waals surface area contributed by atoms with Crippen LogP contribution >= 0.6 is 0 Å². The third-order valence-electron chi connectivity index (χ3n) is 3.54. The van der Waals surface area contributed by atoms with E-state index in [1.807, 2.05) is 0 Å². The minimum atomic E-state index is -5.01. The molecule has 1 fully saturated rings. The van der Waals surface area contributed by atoms with Crippen molar-refractivity contribution in [1.29, 1.82) is 0 Å². The summed E-state index contributed by atoms with van der Waals surface area (Å²) in [5, 5.41) is 0. The Balaban J connectivity index is 2.46. The van der Waals surface area contributed by atoms with Crippen molar-refractivity contribution >= 4 is 17.6 Å². The van der Waals surface area contributed by atoms with E-state index in [0.29, 0.717) is 12.1 Å². The molecule has 4 nitrogen and oxygen atoms in total. The summed E-state index contributed by atoms with van der Waals surface area (Å²) in [6.07, 6.45) is -10.4. The minimum Gasteiger partial charge on any atom is -0.469 e. The second kappa shape index (κ2) is 5.99. The van der Waals surface area contributed by atoms with Crippen molar-refractivity contribution in [2.45, 2.75) is 18.8 Å². The van der Waals surface area contributed by atoms with E-state index in [1.165, 1.54) is 0 Å². The van der Waals surface area contributed by atoms with Crippen LogP contribution in [-0.2, 0) is 26.7 Å². The first kappa shape index (κ1) is 18.1. The summed E-state index contributed by atoms with van der Waals surface area (Å²) in [6.45, 7) is -0.343. The lowest BCUT2D eigenvalue weighted by molar-refractivity contribution is -0.145. The number of halogens is 6. The number of hydrogen-bond acceptors (Lipinski definition) is 3. The maximum Gasteiger partial charge on any atom is 0.416 e. The lowest BCUT2D eigenvalue weighted by atomic mass is 10.1. The predicted octanol–water partition coefficient (Wildman–Crippen LogP) is 3.25. The minimum absolute atomic E-state index is 0.0260. The number of hydrogen-bond donors (Lipinski definition) is 0. The van der Waals surface area contributed by atoms with Gasteiger partial charge in [0.15, 0.2) is 0 Å². The fourth-order valence-electron chi connectivity index (χ4n) is 2.38. The molecule has 0 N–H and O–H groups in total. The number of amides is 1. The zero-order valence-electron chi connectivity index (χ0n) is 12.2. The van der Waals surface area contributed by atoms with Crippen molar-refractivity contribution < 1.29 is 40.7 Å². The van der Waals surface area contributed by atoms with Crippen LogP contribution in [0.3, 0.4) is 0 Å². The summed E-state index contributed by atoms with van der Waals surface area (Å²) in [5.74, 6) is -2.45. The van der Waals surface area contributed by atoms with Gasteiger partial charge in [-0.3, -0.25) is 9.59 Å². The van der Waals surface area contributed by atoms with Gasteiger partial charge >= 0.3 is 18.3 Å². The van der Waals surface area contributed by atoms with Crippen LogP contribution in [0.5, 0.6) is 0 Å². The molecule has 1 amide bonds. The largest absolute Gasteiger partial charge is 0.469 e. The summed E-state index contributed by atoms with van der Waals surface area (Å²) in [6, 6.07) is 0.876. The van der Waals surface area contributed by atoms with E-state index in [-0.39, 0.29) is 19.0 Å². The summed E-state index contributed by atoms with van der Waals surface area (Å²) < 4.78 is 81.5. The van der Waals surface area contributed by atoms with Crippen molar-refractivity contribution in [3.8, 4) is 0 Å². The molecule has 0 saturated carbocycles. The van der Waals surface area contributed by atoms with Gasteiger partial charge in [-0.1, -0.05) is 0 Å².